The SMILES string of the molecule is CCOC[C@]1(CCC(F)(F)F)CC[C@H](c2c(CN(C)CCNC)nn3c2COCC3)CC1. The number of hydrogen-bond acceptors (Lipinski definition) is 5. The predicted molar refractivity (Wildman–Crippen MR) is 118 cm³/mol. The van der Waals surface area contributed by atoms with Crippen molar-refractivity contribution in [3.63, 3.8) is 0 Å². The fraction of sp³-hybridized carbons (Fsp3) is 0.870. The zero-order valence-corrected chi connectivity index (χ0v) is 19.8. The summed E-state index contributed by atoms with van der Waals surface area (Å²) >= 11 is 0. The van der Waals surface area contributed by atoms with Crippen molar-refractivity contribution in [3.05, 3.63) is 17.0 Å². The van der Waals surface area contributed by atoms with E-state index in [1.54, 1.807) is 0 Å². The molecule has 1 aliphatic carbocycles. The molecule has 3 rings (SSSR count). The molecule has 0 bridgehead atoms. The van der Waals surface area contributed by atoms with E-state index in [2.05, 4.69) is 21.9 Å². The second kappa shape index (κ2) is 11.3. The fourth-order valence-electron chi connectivity index (χ4n) is 5.16. The fourth-order valence-corrected chi connectivity index (χ4v) is 5.16. The summed E-state index contributed by atoms with van der Waals surface area (Å²) in [6.07, 6.45) is -1.44. The zero-order chi connectivity index (χ0) is 23.2. The lowest BCUT2D eigenvalue weighted by atomic mass is 9.67. The van der Waals surface area contributed by atoms with Gasteiger partial charge in [0.05, 0.1) is 37.8 Å². The Hall–Kier alpha value is -1.16. The van der Waals surface area contributed by atoms with Gasteiger partial charge < -0.3 is 14.8 Å². The Morgan fingerprint density at radius 2 is 2.06 bits per heavy atom. The lowest BCUT2D eigenvalue weighted by Gasteiger charge is -2.41. The smallest absolute Gasteiger partial charge is 0.381 e. The van der Waals surface area contributed by atoms with Gasteiger partial charge in [0.15, 0.2) is 0 Å². The normalized spacial score (nSPS) is 24.2. The van der Waals surface area contributed by atoms with Crippen LogP contribution in [0, 0.1) is 5.41 Å². The second-order valence-electron chi connectivity index (χ2n) is 9.45. The van der Waals surface area contributed by atoms with Crippen molar-refractivity contribution in [2.75, 3.05) is 47.0 Å². The van der Waals surface area contributed by atoms with E-state index in [0.717, 1.165) is 63.3 Å². The third-order valence-corrected chi connectivity index (χ3v) is 7.03. The molecule has 0 amide bonds. The highest BCUT2D eigenvalue weighted by atomic mass is 19.4. The van der Waals surface area contributed by atoms with Crippen LogP contribution in [-0.2, 0) is 29.2 Å². The number of hydrogen-bond donors (Lipinski definition) is 1. The Morgan fingerprint density at radius 1 is 1.31 bits per heavy atom. The molecule has 6 nitrogen and oxygen atoms in total. The molecule has 32 heavy (non-hydrogen) atoms. The maximum absolute atomic E-state index is 13.0. The van der Waals surface area contributed by atoms with E-state index in [1.807, 2.05) is 14.0 Å². The molecule has 1 saturated carbocycles. The Balaban J connectivity index is 1.75. The van der Waals surface area contributed by atoms with Crippen LogP contribution in [0.2, 0.25) is 0 Å². The first kappa shape index (κ1) is 25.5. The average molecular weight is 461 g/mol. The largest absolute Gasteiger partial charge is 0.389 e. The van der Waals surface area contributed by atoms with Crippen molar-refractivity contribution in [1.82, 2.24) is 20.0 Å². The van der Waals surface area contributed by atoms with Crippen molar-refractivity contribution in [2.45, 2.75) is 77.2 Å². The summed E-state index contributed by atoms with van der Waals surface area (Å²) in [5.41, 5.74) is 3.16. The molecule has 1 aromatic rings. The third kappa shape index (κ3) is 6.68. The van der Waals surface area contributed by atoms with Gasteiger partial charge in [-0.15, -0.1) is 0 Å². The first-order valence-electron chi connectivity index (χ1n) is 11.9. The van der Waals surface area contributed by atoms with Gasteiger partial charge in [0.2, 0.25) is 0 Å². The highest BCUT2D eigenvalue weighted by molar-refractivity contribution is 5.31. The monoisotopic (exact) mass is 460 g/mol. The van der Waals surface area contributed by atoms with Crippen LogP contribution in [0.3, 0.4) is 0 Å². The molecule has 2 heterocycles. The number of ether oxygens (including phenoxy) is 2. The number of nitrogens with zero attached hydrogens (tertiary/aromatic N) is 3. The van der Waals surface area contributed by atoms with Gasteiger partial charge in [-0.05, 0) is 64.5 Å². The summed E-state index contributed by atoms with van der Waals surface area (Å²) in [4.78, 5) is 2.26. The Kier molecular flexibility index (Phi) is 9.00. The molecule has 0 atom stereocenters. The van der Waals surface area contributed by atoms with Gasteiger partial charge in [-0.2, -0.15) is 18.3 Å². The van der Waals surface area contributed by atoms with Gasteiger partial charge >= 0.3 is 6.18 Å². The van der Waals surface area contributed by atoms with Crippen LogP contribution < -0.4 is 5.32 Å². The summed E-state index contributed by atoms with van der Waals surface area (Å²) in [6.45, 7) is 7.45. The van der Waals surface area contributed by atoms with E-state index in [0.29, 0.717) is 32.3 Å². The van der Waals surface area contributed by atoms with E-state index >= 15 is 0 Å². The lowest BCUT2D eigenvalue weighted by Crippen LogP contribution is -2.34. The number of aromatic nitrogens is 2. The van der Waals surface area contributed by atoms with E-state index in [4.69, 9.17) is 14.6 Å². The summed E-state index contributed by atoms with van der Waals surface area (Å²) < 4.78 is 52.4. The molecule has 0 unspecified atom stereocenters. The van der Waals surface area contributed by atoms with E-state index < -0.39 is 12.6 Å². The van der Waals surface area contributed by atoms with Crippen molar-refractivity contribution in [3.8, 4) is 0 Å². The first-order valence-corrected chi connectivity index (χ1v) is 11.9. The summed E-state index contributed by atoms with van der Waals surface area (Å²) in [7, 11) is 4.04. The second-order valence-corrected chi connectivity index (χ2v) is 9.45. The van der Waals surface area contributed by atoms with Crippen LogP contribution in [0.25, 0.3) is 0 Å². The molecule has 0 spiro atoms. The minimum atomic E-state index is -4.12. The maximum Gasteiger partial charge on any atom is 0.389 e. The molecule has 1 N–H and O–H groups in total. The number of halogens is 3. The Morgan fingerprint density at radius 3 is 2.72 bits per heavy atom. The molecule has 9 heteroatoms. The van der Waals surface area contributed by atoms with Crippen LogP contribution in [0.15, 0.2) is 0 Å². The third-order valence-electron chi connectivity index (χ3n) is 7.03. The van der Waals surface area contributed by atoms with Gasteiger partial charge in [-0.3, -0.25) is 9.58 Å². The van der Waals surface area contributed by atoms with Crippen LogP contribution in [0.4, 0.5) is 13.2 Å². The van der Waals surface area contributed by atoms with Gasteiger partial charge in [-0.1, -0.05) is 0 Å². The number of likely N-dealkylation sites (N-methyl/N-ethyl adjacent to an activating group) is 2. The molecule has 2 aliphatic rings. The van der Waals surface area contributed by atoms with Gasteiger partial charge in [0.1, 0.15) is 0 Å². The zero-order valence-electron chi connectivity index (χ0n) is 19.8. The number of fused-ring (bicyclic) bond motifs is 1. The number of nitrogens with one attached hydrogen (secondary N) is 1. The van der Waals surface area contributed by atoms with Crippen LogP contribution in [-0.4, -0.2) is 67.9 Å². The summed E-state index contributed by atoms with van der Waals surface area (Å²) in [5, 5.41) is 8.11. The highest BCUT2D eigenvalue weighted by Crippen LogP contribution is 2.48. The molecule has 184 valence electrons. The van der Waals surface area contributed by atoms with E-state index in [1.165, 1.54) is 5.56 Å². The molecule has 1 aliphatic heterocycles. The van der Waals surface area contributed by atoms with Crippen molar-refractivity contribution in [1.29, 1.82) is 0 Å². The number of rotatable bonds is 11. The molecule has 1 fully saturated rings. The van der Waals surface area contributed by atoms with Crippen molar-refractivity contribution in [2.24, 2.45) is 5.41 Å². The van der Waals surface area contributed by atoms with Gasteiger partial charge in [-0.25, -0.2) is 0 Å². The maximum atomic E-state index is 13.0. The molecule has 1 aromatic heterocycles. The Bertz CT molecular complexity index is 715. The van der Waals surface area contributed by atoms with Crippen LogP contribution in [0.1, 0.15) is 68.3 Å². The molecule has 0 saturated heterocycles. The first-order chi connectivity index (χ1) is 15.3. The molecule has 0 aromatic carbocycles. The minimum absolute atomic E-state index is 0.151. The van der Waals surface area contributed by atoms with E-state index in [-0.39, 0.29) is 11.8 Å². The quantitative estimate of drug-likeness (QED) is 0.539. The average Bonchev–Trinajstić information content (AvgIpc) is 3.12. The highest BCUT2D eigenvalue weighted by Gasteiger charge is 2.41. The minimum Gasteiger partial charge on any atom is -0.381 e. The molecular weight excluding hydrogens is 421 g/mol. The predicted octanol–water partition coefficient (Wildman–Crippen LogP) is 4.09. The van der Waals surface area contributed by atoms with E-state index in [9.17, 15) is 13.2 Å². The topological polar surface area (TPSA) is 51.5 Å². The number of alkyl halides is 3. The van der Waals surface area contributed by atoms with Gasteiger partial charge in [0, 0.05) is 38.2 Å². The lowest BCUT2D eigenvalue weighted by molar-refractivity contribution is -0.145. The van der Waals surface area contributed by atoms with Crippen LogP contribution >= 0.6 is 0 Å². The molecule has 0 radical (unpaired) electrons. The Labute approximate surface area is 189 Å². The molecular formula is C23H39F3N4O2. The van der Waals surface area contributed by atoms with Crippen molar-refractivity contribution >= 4 is 0 Å². The van der Waals surface area contributed by atoms with Gasteiger partial charge in [0.25, 0.3) is 0 Å². The summed E-state index contributed by atoms with van der Waals surface area (Å²) in [5.74, 6) is 0.314. The van der Waals surface area contributed by atoms with Crippen molar-refractivity contribution < 1.29 is 22.6 Å². The summed E-state index contributed by atoms with van der Waals surface area (Å²) in [6, 6.07) is 0. The van der Waals surface area contributed by atoms with Crippen LogP contribution in [0.5, 0.6) is 0 Å². The standard InChI is InChI=1S/C23H39F3N4O2/c1-4-31-17-22(9-10-23(24,25)26)7-5-18(6-8-22)21-19(15-29(3)12-11-27-2)28-30-13-14-32-16-20(21)30/h18,27H,4-17H2,1-3H3/t18-,22+.